The van der Waals surface area contributed by atoms with E-state index in [1.54, 1.807) is 37.8 Å². The summed E-state index contributed by atoms with van der Waals surface area (Å²) in [5.41, 5.74) is 1.59. The molecule has 4 heterocycles. The van der Waals surface area contributed by atoms with Gasteiger partial charge in [-0.3, -0.25) is 9.36 Å². The van der Waals surface area contributed by atoms with Gasteiger partial charge in [0.05, 0.1) is 25.4 Å². The summed E-state index contributed by atoms with van der Waals surface area (Å²) in [5.74, 6) is 2.72. The highest BCUT2D eigenvalue weighted by Gasteiger charge is 2.35. The maximum atomic E-state index is 13.3. The number of aromatic nitrogens is 3. The van der Waals surface area contributed by atoms with Crippen molar-refractivity contribution < 1.29 is 18.4 Å². The molecule has 0 saturated carbocycles. The quantitative estimate of drug-likeness (QED) is 0.246. The van der Waals surface area contributed by atoms with Gasteiger partial charge in [0.25, 0.3) is 5.91 Å². The SMILES string of the molecule is C=CCn1c(SCC(=O)N2N=C(c3ccco3)CC2c2ccco2)nnc1-c1ccc(OC)cc1. The van der Waals surface area contributed by atoms with Gasteiger partial charge in [0.15, 0.2) is 11.0 Å². The van der Waals surface area contributed by atoms with E-state index >= 15 is 0 Å². The van der Waals surface area contributed by atoms with Crippen LogP contribution in [0.25, 0.3) is 11.4 Å². The normalized spacial score (nSPS) is 15.3. The lowest BCUT2D eigenvalue weighted by Crippen LogP contribution is -2.28. The number of thioether (sulfide) groups is 1. The van der Waals surface area contributed by atoms with E-state index in [0.717, 1.165) is 11.3 Å². The lowest BCUT2D eigenvalue weighted by Gasteiger charge is -2.19. The molecule has 0 spiro atoms. The number of carbonyl (C=O) groups excluding carboxylic acids is 1. The summed E-state index contributed by atoms with van der Waals surface area (Å²) in [6.45, 7) is 4.35. The molecule has 35 heavy (non-hydrogen) atoms. The number of benzene rings is 1. The van der Waals surface area contributed by atoms with Gasteiger partial charge in [0, 0.05) is 18.5 Å². The van der Waals surface area contributed by atoms with Crippen molar-refractivity contribution >= 4 is 23.4 Å². The molecule has 3 aromatic heterocycles. The highest BCUT2D eigenvalue weighted by atomic mass is 32.2. The summed E-state index contributed by atoms with van der Waals surface area (Å²) in [6.07, 6.45) is 5.46. The number of hydrogen-bond donors (Lipinski definition) is 0. The van der Waals surface area contributed by atoms with Gasteiger partial charge in [-0.1, -0.05) is 17.8 Å². The van der Waals surface area contributed by atoms with Crippen LogP contribution in [0, 0.1) is 0 Å². The number of hydrogen-bond acceptors (Lipinski definition) is 8. The van der Waals surface area contributed by atoms with Gasteiger partial charge < -0.3 is 13.6 Å². The minimum Gasteiger partial charge on any atom is -0.497 e. The van der Waals surface area contributed by atoms with E-state index in [2.05, 4.69) is 21.9 Å². The highest BCUT2D eigenvalue weighted by Crippen LogP contribution is 2.34. The van der Waals surface area contributed by atoms with Gasteiger partial charge in [0.1, 0.15) is 29.0 Å². The minimum atomic E-state index is -0.334. The smallest absolute Gasteiger partial charge is 0.253 e. The molecule has 0 N–H and O–H groups in total. The van der Waals surface area contributed by atoms with E-state index < -0.39 is 0 Å². The van der Waals surface area contributed by atoms with E-state index in [9.17, 15) is 4.79 Å². The maximum absolute atomic E-state index is 13.3. The number of ether oxygens (including phenoxy) is 1. The van der Waals surface area contributed by atoms with Crippen LogP contribution in [0.4, 0.5) is 0 Å². The summed E-state index contributed by atoms with van der Waals surface area (Å²) in [6, 6.07) is 14.5. The van der Waals surface area contributed by atoms with Crippen molar-refractivity contribution in [2.75, 3.05) is 12.9 Å². The molecular formula is C25H23N5O4S. The van der Waals surface area contributed by atoms with Gasteiger partial charge in [-0.2, -0.15) is 5.10 Å². The first-order valence-corrected chi connectivity index (χ1v) is 11.9. The second kappa shape index (κ2) is 10.1. The van der Waals surface area contributed by atoms with E-state index in [-0.39, 0.29) is 17.7 Å². The molecule has 0 bridgehead atoms. The molecule has 1 amide bonds. The van der Waals surface area contributed by atoms with Crippen LogP contribution in [-0.4, -0.2) is 44.3 Å². The number of methoxy groups -OCH3 is 1. The molecule has 0 radical (unpaired) electrons. The fourth-order valence-corrected chi connectivity index (χ4v) is 4.67. The van der Waals surface area contributed by atoms with Crippen molar-refractivity contribution in [1.82, 2.24) is 19.8 Å². The van der Waals surface area contributed by atoms with Gasteiger partial charge >= 0.3 is 0 Å². The van der Waals surface area contributed by atoms with Gasteiger partial charge in [0.2, 0.25) is 0 Å². The Morgan fingerprint density at radius 3 is 2.66 bits per heavy atom. The van der Waals surface area contributed by atoms with Gasteiger partial charge in [-0.25, -0.2) is 5.01 Å². The first-order valence-electron chi connectivity index (χ1n) is 11.0. The van der Waals surface area contributed by atoms with E-state index in [1.165, 1.54) is 16.8 Å². The molecule has 1 aliphatic rings. The second-order valence-corrected chi connectivity index (χ2v) is 8.66. The molecular weight excluding hydrogens is 466 g/mol. The third-order valence-electron chi connectivity index (χ3n) is 5.54. The van der Waals surface area contributed by atoms with Crippen LogP contribution in [0.1, 0.15) is 24.0 Å². The molecule has 1 aromatic carbocycles. The zero-order valence-electron chi connectivity index (χ0n) is 19.0. The summed E-state index contributed by atoms with van der Waals surface area (Å²) in [4.78, 5) is 13.3. The second-order valence-electron chi connectivity index (χ2n) is 7.72. The predicted octanol–water partition coefficient (Wildman–Crippen LogP) is 4.80. The molecule has 9 nitrogen and oxygen atoms in total. The Hall–Kier alpha value is -4.05. The molecule has 0 aliphatic carbocycles. The van der Waals surface area contributed by atoms with Crippen LogP contribution in [-0.2, 0) is 11.3 Å². The van der Waals surface area contributed by atoms with Crippen molar-refractivity contribution in [1.29, 1.82) is 0 Å². The van der Waals surface area contributed by atoms with Crippen LogP contribution in [0.5, 0.6) is 5.75 Å². The lowest BCUT2D eigenvalue weighted by molar-refractivity contribution is -0.130. The number of allylic oxidation sites excluding steroid dienone is 1. The van der Waals surface area contributed by atoms with Crippen molar-refractivity contribution in [3.8, 4) is 17.1 Å². The maximum Gasteiger partial charge on any atom is 0.253 e. The summed E-state index contributed by atoms with van der Waals surface area (Å²) >= 11 is 1.31. The molecule has 5 rings (SSSR count). The van der Waals surface area contributed by atoms with Crippen molar-refractivity contribution in [3.63, 3.8) is 0 Å². The molecule has 1 aliphatic heterocycles. The lowest BCUT2D eigenvalue weighted by atomic mass is 10.1. The summed E-state index contributed by atoms with van der Waals surface area (Å²) < 4.78 is 18.3. The Kier molecular flexibility index (Phi) is 6.53. The van der Waals surface area contributed by atoms with Crippen molar-refractivity contribution in [3.05, 3.63) is 85.2 Å². The van der Waals surface area contributed by atoms with Crippen LogP contribution >= 0.6 is 11.8 Å². The monoisotopic (exact) mass is 489 g/mol. The molecule has 4 aromatic rings. The number of furan rings is 2. The fourth-order valence-electron chi connectivity index (χ4n) is 3.87. The standard InChI is InChI=1S/C25H23N5O4S/c1-3-12-29-24(17-8-10-18(32-2)11-9-17)26-27-25(29)35-16-23(31)30-20(22-7-5-14-34-22)15-19(28-30)21-6-4-13-33-21/h3-11,13-14,20H,1,12,15-16H2,2H3. The third-order valence-corrected chi connectivity index (χ3v) is 6.50. The molecule has 178 valence electrons. The number of carbonyl (C=O) groups is 1. The third kappa shape index (κ3) is 4.65. The average molecular weight is 490 g/mol. The first kappa shape index (κ1) is 22.7. The van der Waals surface area contributed by atoms with Crippen LogP contribution in [0.2, 0.25) is 0 Å². The molecule has 0 fully saturated rings. The molecule has 1 atom stereocenters. The molecule has 10 heteroatoms. The Labute approximate surface area is 206 Å². The predicted molar refractivity (Wildman–Crippen MR) is 131 cm³/mol. The van der Waals surface area contributed by atoms with Crippen LogP contribution < -0.4 is 4.74 Å². The van der Waals surface area contributed by atoms with Crippen LogP contribution in [0.15, 0.2) is 92.8 Å². The van der Waals surface area contributed by atoms with Crippen molar-refractivity contribution in [2.45, 2.75) is 24.2 Å². The number of hydrazone groups is 1. The van der Waals surface area contributed by atoms with Crippen LogP contribution in [0.3, 0.4) is 0 Å². The zero-order chi connectivity index (χ0) is 24.2. The Morgan fingerprint density at radius 1 is 1.17 bits per heavy atom. The minimum absolute atomic E-state index is 0.129. The summed E-state index contributed by atoms with van der Waals surface area (Å²) in [7, 11) is 1.62. The van der Waals surface area contributed by atoms with Gasteiger partial charge in [-0.05, 0) is 48.5 Å². The number of amides is 1. The topological polar surface area (TPSA) is 98.9 Å². The largest absolute Gasteiger partial charge is 0.497 e. The zero-order valence-corrected chi connectivity index (χ0v) is 19.9. The molecule has 1 unspecified atom stereocenters. The average Bonchev–Trinajstić information content (AvgIpc) is 3.68. The highest BCUT2D eigenvalue weighted by molar-refractivity contribution is 7.99. The van der Waals surface area contributed by atoms with E-state index in [0.29, 0.717) is 41.2 Å². The first-order chi connectivity index (χ1) is 17.2. The Balaban J connectivity index is 1.36. The number of nitrogens with zero attached hydrogens (tertiary/aromatic N) is 5. The van der Waals surface area contributed by atoms with E-state index in [1.807, 2.05) is 41.0 Å². The van der Waals surface area contributed by atoms with Gasteiger partial charge in [-0.15, -0.1) is 16.8 Å². The van der Waals surface area contributed by atoms with Crippen molar-refractivity contribution in [2.24, 2.45) is 5.10 Å². The molecule has 0 saturated heterocycles. The Morgan fingerprint density at radius 2 is 1.97 bits per heavy atom. The fraction of sp³-hybridized carbons (Fsp3) is 0.200. The Bertz CT molecular complexity index is 1330. The summed E-state index contributed by atoms with van der Waals surface area (Å²) in [5, 5.41) is 15.4. The number of rotatable bonds is 9. The van der Waals surface area contributed by atoms with E-state index in [4.69, 9.17) is 13.6 Å².